The maximum atomic E-state index is 12.1. The fourth-order valence-electron chi connectivity index (χ4n) is 1.94. The number of benzene rings is 1. The molecule has 0 N–H and O–H groups in total. The molecule has 1 unspecified atom stereocenters. The minimum Gasteiger partial charge on any atom is -0.307 e. The number of carbonyl (C=O) groups excluding carboxylic acids is 1. The SMILES string of the molecule is C=CC(=O)N(c1ccc(Br)c(Br)c1)C(C)CN(C)C. The number of anilines is 1. The van der Waals surface area contributed by atoms with Crippen LogP contribution in [-0.2, 0) is 4.79 Å². The molecule has 0 bridgehead atoms. The van der Waals surface area contributed by atoms with E-state index in [1.807, 2.05) is 39.2 Å². The predicted molar refractivity (Wildman–Crippen MR) is 87.5 cm³/mol. The molecule has 0 fully saturated rings. The van der Waals surface area contributed by atoms with E-state index in [0.29, 0.717) is 0 Å². The zero-order valence-electron chi connectivity index (χ0n) is 11.4. The largest absolute Gasteiger partial charge is 0.307 e. The second-order valence-electron chi connectivity index (χ2n) is 4.62. The maximum Gasteiger partial charge on any atom is 0.250 e. The molecule has 5 heteroatoms. The van der Waals surface area contributed by atoms with Crippen LogP contribution in [0.4, 0.5) is 5.69 Å². The first-order valence-corrected chi connectivity index (χ1v) is 7.50. The highest BCUT2D eigenvalue weighted by Crippen LogP contribution is 2.29. The highest BCUT2D eigenvalue weighted by atomic mass is 79.9. The minimum absolute atomic E-state index is 0.0635. The third kappa shape index (κ3) is 4.44. The van der Waals surface area contributed by atoms with Crippen LogP contribution in [0.1, 0.15) is 6.92 Å². The van der Waals surface area contributed by atoms with Gasteiger partial charge in [0.05, 0.1) is 0 Å². The molecule has 0 heterocycles. The van der Waals surface area contributed by atoms with Gasteiger partial charge in [0.2, 0.25) is 0 Å². The highest BCUT2D eigenvalue weighted by Gasteiger charge is 2.21. The molecule has 0 aliphatic heterocycles. The molecule has 1 amide bonds. The lowest BCUT2D eigenvalue weighted by molar-refractivity contribution is -0.114. The van der Waals surface area contributed by atoms with Crippen LogP contribution >= 0.6 is 31.9 Å². The van der Waals surface area contributed by atoms with Crippen molar-refractivity contribution in [1.82, 2.24) is 4.90 Å². The van der Waals surface area contributed by atoms with Gasteiger partial charge in [-0.1, -0.05) is 6.58 Å². The van der Waals surface area contributed by atoms with Gasteiger partial charge in [-0.3, -0.25) is 4.79 Å². The highest BCUT2D eigenvalue weighted by molar-refractivity contribution is 9.13. The van der Waals surface area contributed by atoms with E-state index in [1.165, 1.54) is 6.08 Å². The second kappa shape index (κ2) is 7.22. The summed E-state index contributed by atoms with van der Waals surface area (Å²) in [5.41, 5.74) is 0.856. The Morgan fingerprint density at radius 1 is 1.37 bits per heavy atom. The quantitative estimate of drug-likeness (QED) is 0.717. The van der Waals surface area contributed by atoms with E-state index < -0.39 is 0 Å². The molecule has 0 aromatic heterocycles. The van der Waals surface area contributed by atoms with Crippen molar-refractivity contribution in [2.24, 2.45) is 0 Å². The summed E-state index contributed by atoms with van der Waals surface area (Å²) in [5, 5.41) is 0. The third-order valence-electron chi connectivity index (χ3n) is 2.66. The molecule has 1 aromatic rings. The number of hydrogen-bond donors (Lipinski definition) is 0. The summed E-state index contributed by atoms with van der Waals surface area (Å²) in [6.07, 6.45) is 1.35. The maximum absolute atomic E-state index is 12.1. The van der Waals surface area contributed by atoms with Gasteiger partial charge in [0.25, 0.3) is 5.91 Å². The predicted octanol–water partition coefficient (Wildman–Crippen LogP) is 3.68. The van der Waals surface area contributed by atoms with Gasteiger partial charge in [-0.15, -0.1) is 0 Å². The number of amides is 1. The lowest BCUT2D eigenvalue weighted by Crippen LogP contribution is -2.43. The number of carbonyl (C=O) groups is 1. The summed E-state index contributed by atoms with van der Waals surface area (Å²) in [5.74, 6) is -0.0939. The normalized spacial score (nSPS) is 12.3. The Kier molecular flexibility index (Phi) is 6.23. The summed E-state index contributed by atoms with van der Waals surface area (Å²) in [7, 11) is 3.98. The molecule has 104 valence electrons. The van der Waals surface area contributed by atoms with Crippen molar-refractivity contribution >= 4 is 43.5 Å². The van der Waals surface area contributed by atoms with E-state index in [2.05, 4.69) is 43.3 Å². The molecule has 3 nitrogen and oxygen atoms in total. The summed E-state index contributed by atoms with van der Waals surface area (Å²) in [4.78, 5) is 15.9. The van der Waals surface area contributed by atoms with Gasteiger partial charge in [-0.25, -0.2) is 0 Å². The Bertz CT molecular complexity index is 475. The van der Waals surface area contributed by atoms with E-state index >= 15 is 0 Å². The number of likely N-dealkylation sites (N-methyl/N-ethyl adjacent to an activating group) is 1. The Hall–Kier alpha value is -0.650. The molecule has 0 saturated heterocycles. The Morgan fingerprint density at radius 2 is 2.00 bits per heavy atom. The molecule has 0 aliphatic carbocycles. The van der Waals surface area contributed by atoms with Crippen LogP contribution in [0, 0.1) is 0 Å². The van der Waals surface area contributed by atoms with Crippen LogP contribution in [0.3, 0.4) is 0 Å². The standard InChI is InChI=1S/C14H18Br2N2O/c1-5-14(19)18(10(2)9-17(3)4)11-6-7-12(15)13(16)8-11/h5-8,10H,1,9H2,2-4H3. The molecule has 0 aliphatic rings. The van der Waals surface area contributed by atoms with Gasteiger partial charge in [-0.05, 0) is 77.2 Å². The molecule has 0 spiro atoms. The van der Waals surface area contributed by atoms with Crippen molar-refractivity contribution in [2.75, 3.05) is 25.5 Å². The molecular formula is C14H18Br2N2O. The fourth-order valence-corrected chi connectivity index (χ4v) is 2.56. The molecule has 1 atom stereocenters. The lowest BCUT2D eigenvalue weighted by Gasteiger charge is -2.30. The van der Waals surface area contributed by atoms with Crippen LogP contribution in [-0.4, -0.2) is 37.5 Å². The van der Waals surface area contributed by atoms with Gasteiger partial charge in [0, 0.05) is 27.2 Å². The number of nitrogens with zero attached hydrogens (tertiary/aromatic N) is 2. The number of hydrogen-bond acceptors (Lipinski definition) is 2. The Morgan fingerprint density at radius 3 is 2.47 bits per heavy atom. The van der Waals surface area contributed by atoms with E-state index in [1.54, 1.807) is 4.90 Å². The molecule has 1 aromatic carbocycles. The van der Waals surface area contributed by atoms with Gasteiger partial charge >= 0.3 is 0 Å². The van der Waals surface area contributed by atoms with Crippen molar-refractivity contribution < 1.29 is 4.79 Å². The first-order chi connectivity index (χ1) is 8.86. The Labute approximate surface area is 131 Å². The van der Waals surface area contributed by atoms with Crippen molar-refractivity contribution in [1.29, 1.82) is 0 Å². The van der Waals surface area contributed by atoms with Crippen molar-refractivity contribution in [3.63, 3.8) is 0 Å². The first kappa shape index (κ1) is 16.4. The van der Waals surface area contributed by atoms with Gasteiger partial charge in [-0.2, -0.15) is 0 Å². The van der Waals surface area contributed by atoms with Gasteiger partial charge < -0.3 is 9.80 Å². The van der Waals surface area contributed by atoms with E-state index in [4.69, 9.17) is 0 Å². The van der Waals surface area contributed by atoms with Crippen LogP contribution in [0.25, 0.3) is 0 Å². The molecule has 19 heavy (non-hydrogen) atoms. The van der Waals surface area contributed by atoms with Crippen LogP contribution in [0.15, 0.2) is 39.8 Å². The van der Waals surface area contributed by atoms with E-state index in [9.17, 15) is 4.79 Å². The van der Waals surface area contributed by atoms with Crippen molar-refractivity contribution in [3.8, 4) is 0 Å². The topological polar surface area (TPSA) is 23.6 Å². The zero-order chi connectivity index (χ0) is 14.6. The van der Waals surface area contributed by atoms with Gasteiger partial charge in [0.1, 0.15) is 0 Å². The van der Waals surface area contributed by atoms with E-state index in [-0.39, 0.29) is 11.9 Å². The third-order valence-corrected chi connectivity index (χ3v) is 4.54. The number of rotatable bonds is 5. The van der Waals surface area contributed by atoms with Crippen LogP contribution < -0.4 is 4.90 Å². The second-order valence-corrected chi connectivity index (χ2v) is 6.33. The summed E-state index contributed by atoms with van der Waals surface area (Å²) < 4.78 is 1.88. The summed E-state index contributed by atoms with van der Waals surface area (Å²) in [6, 6.07) is 5.83. The van der Waals surface area contributed by atoms with Crippen LogP contribution in [0.2, 0.25) is 0 Å². The average molecular weight is 390 g/mol. The average Bonchev–Trinajstić information content (AvgIpc) is 2.32. The molecule has 0 saturated carbocycles. The Balaban J connectivity index is 3.12. The summed E-state index contributed by atoms with van der Waals surface area (Å²) >= 11 is 6.90. The fraction of sp³-hybridized carbons (Fsp3) is 0.357. The van der Waals surface area contributed by atoms with Crippen molar-refractivity contribution in [2.45, 2.75) is 13.0 Å². The molecule has 1 rings (SSSR count). The van der Waals surface area contributed by atoms with Crippen LogP contribution in [0.5, 0.6) is 0 Å². The van der Waals surface area contributed by atoms with Crippen molar-refractivity contribution in [3.05, 3.63) is 39.8 Å². The lowest BCUT2D eigenvalue weighted by atomic mass is 10.2. The molecule has 0 radical (unpaired) electrons. The summed E-state index contributed by atoms with van der Waals surface area (Å²) in [6.45, 7) is 6.39. The first-order valence-electron chi connectivity index (χ1n) is 5.92. The minimum atomic E-state index is -0.0939. The monoisotopic (exact) mass is 388 g/mol. The van der Waals surface area contributed by atoms with E-state index in [0.717, 1.165) is 21.2 Å². The molecular weight excluding hydrogens is 372 g/mol. The number of halogens is 2. The smallest absolute Gasteiger partial charge is 0.250 e. The zero-order valence-corrected chi connectivity index (χ0v) is 14.5. The van der Waals surface area contributed by atoms with Gasteiger partial charge in [0.15, 0.2) is 0 Å².